The maximum Gasteiger partial charge on any atom is 0.419 e. The Morgan fingerprint density at radius 1 is 1.03 bits per heavy atom. The zero-order valence-electron chi connectivity index (χ0n) is 16.1. The van der Waals surface area contributed by atoms with E-state index >= 15 is 0 Å². The van der Waals surface area contributed by atoms with E-state index in [-0.39, 0.29) is 53.0 Å². The monoisotopic (exact) mass is 431 g/mol. The minimum absolute atomic E-state index is 0.117. The summed E-state index contributed by atoms with van der Waals surface area (Å²) in [6, 6.07) is 4.97. The SMILES string of the molecule is Cn1nccc1-c1ccc(-c2[nH]c3nc(N)nc(N)c3c2C(F)(F)F)c2c1OCCO2. The molecule has 0 saturated heterocycles. The van der Waals surface area contributed by atoms with Crippen LogP contribution < -0.4 is 20.9 Å². The molecule has 1 aromatic carbocycles. The molecule has 4 heterocycles. The Balaban J connectivity index is 1.82. The average Bonchev–Trinajstić information content (AvgIpc) is 3.30. The van der Waals surface area contributed by atoms with Gasteiger partial charge in [0.2, 0.25) is 5.95 Å². The number of nitrogens with two attached hydrogens (primary N) is 2. The molecule has 4 aromatic rings. The van der Waals surface area contributed by atoms with Gasteiger partial charge in [0.05, 0.1) is 22.3 Å². The van der Waals surface area contributed by atoms with Gasteiger partial charge in [-0.25, -0.2) is 0 Å². The minimum Gasteiger partial charge on any atom is -0.485 e. The number of nitrogens with zero attached hydrogens (tertiary/aromatic N) is 4. The van der Waals surface area contributed by atoms with Gasteiger partial charge in [0.15, 0.2) is 11.5 Å². The molecule has 0 fully saturated rings. The van der Waals surface area contributed by atoms with E-state index < -0.39 is 11.7 Å². The lowest BCUT2D eigenvalue weighted by Gasteiger charge is -2.24. The Kier molecular flexibility index (Phi) is 4.00. The summed E-state index contributed by atoms with van der Waals surface area (Å²) in [5.74, 6) is -0.0891. The van der Waals surface area contributed by atoms with Crippen molar-refractivity contribution in [3.05, 3.63) is 30.0 Å². The molecule has 9 nitrogen and oxygen atoms in total. The van der Waals surface area contributed by atoms with E-state index in [1.54, 1.807) is 30.1 Å². The molecule has 3 aromatic heterocycles. The highest BCUT2D eigenvalue weighted by molar-refractivity contribution is 5.98. The molecule has 5 rings (SSSR count). The molecule has 0 atom stereocenters. The molecule has 0 saturated carbocycles. The average molecular weight is 431 g/mol. The lowest BCUT2D eigenvalue weighted by atomic mass is 10.00. The van der Waals surface area contributed by atoms with E-state index in [4.69, 9.17) is 20.9 Å². The number of alkyl halides is 3. The lowest BCUT2D eigenvalue weighted by molar-refractivity contribution is -0.135. The number of aromatic nitrogens is 5. The zero-order valence-corrected chi connectivity index (χ0v) is 16.1. The van der Waals surface area contributed by atoms with Crippen LogP contribution in [0.2, 0.25) is 0 Å². The van der Waals surface area contributed by atoms with Gasteiger partial charge in [-0.3, -0.25) is 4.68 Å². The second-order valence-electron chi connectivity index (χ2n) is 6.92. The molecule has 0 amide bonds. The number of aryl methyl sites for hydroxylation is 1. The second kappa shape index (κ2) is 6.52. The fraction of sp³-hybridized carbons (Fsp3) is 0.211. The second-order valence-corrected chi connectivity index (χ2v) is 6.92. The predicted molar refractivity (Wildman–Crippen MR) is 106 cm³/mol. The van der Waals surface area contributed by atoms with Crippen LogP contribution in [0.4, 0.5) is 24.9 Å². The third-order valence-electron chi connectivity index (χ3n) is 5.04. The Hall–Kier alpha value is -3.96. The van der Waals surface area contributed by atoms with E-state index in [1.165, 1.54) is 6.07 Å². The Bertz CT molecular complexity index is 1330. The van der Waals surface area contributed by atoms with E-state index in [9.17, 15) is 13.2 Å². The molecule has 0 unspecified atom stereocenters. The Morgan fingerprint density at radius 2 is 1.71 bits per heavy atom. The third kappa shape index (κ3) is 2.90. The molecule has 31 heavy (non-hydrogen) atoms. The van der Waals surface area contributed by atoms with Crippen LogP contribution >= 0.6 is 0 Å². The number of benzene rings is 1. The summed E-state index contributed by atoms with van der Waals surface area (Å²) in [5, 5.41) is 3.79. The standard InChI is InChI=1S/C19H16F3N7O2/c1-29-10(4-5-25-29)8-2-3-9(15-14(8)30-6-7-31-15)13-12(19(20,21)22)11-16(23)27-18(24)28-17(11)26-13/h2-5H,6-7H2,1H3,(H5,23,24,26,27,28). The van der Waals surface area contributed by atoms with E-state index in [0.29, 0.717) is 11.3 Å². The number of nitrogen functional groups attached to an aromatic ring is 2. The predicted octanol–water partition coefficient (Wildman–Crippen LogP) is 2.98. The van der Waals surface area contributed by atoms with Crippen molar-refractivity contribution in [1.82, 2.24) is 24.7 Å². The number of ether oxygens (including phenoxy) is 2. The highest BCUT2D eigenvalue weighted by Crippen LogP contribution is 2.50. The highest BCUT2D eigenvalue weighted by atomic mass is 19.4. The van der Waals surface area contributed by atoms with Gasteiger partial charge in [-0.2, -0.15) is 28.2 Å². The first kappa shape index (κ1) is 19.0. The van der Waals surface area contributed by atoms with Gasteiger partial charge in [0, 0.05) is 24.4 Å². The van der Waals surface area contributed by atoms with Gasteiger partial charge in [-0.05, 0) is 18.2 Å². The number of anilines is 2. The topological polar surface area (TPSA) is 130 Å². The third-order valence-corrected chi connectivity index (χ3v) is 5.04. The number of nitrogens with one attached hydrogen (secondary N) is 1. The van der Waals surface area contributed by atoms with Gasteiger partial charge in [-0.15, -0.1) is 0 Å². The largest absolute Gasteiger partial charge is 0.485 e. The number of hydrogen-bond donors (Lipinski definition) is 3. The molecular formula is C19H16F3N7O2. The first-order chi connectivity index (χ1) is 14.8. The molecule has 0 radical (unpaired) electrons. The molecule has 1 aliphatic heterocycles. The summed E-state index contributed by atoms with van der Waals surface area (Å²) in [7, 11) is 1.75. The van der Waals surface area contributed by atoms with Crippen molar-refractivity contribution in [1.29, 1.82) is 0 Å². The Morgan fingerprint density at radius 3 is 2.35 bits per heavy atom. The van der Waals surface area contributed by atoms with Gasteiger partial charge < -0.3 is 25.9 Å². The van der Waals surface area contributed by atoms with Crippen LogP contribution in [0.1, 0.15) is 5.56 Å². The van der Waals surface area contributed by atoms with Gasteiger partial charge in [-0.1, -0.05) is 0 Å². The van der Waals surface area contributed by atoms with Crippen molar-refractivity contribution in [3.8, 4) is 34.0 Å². The Labute approximate surface area is 172 Å². The van der Waals surface area contributed by atoms with Gasteiger partial charge in [0.1, 0.15) is 24.7 Å². The maximum absolute atomic E-state index is 14.1. The molecule has 0 bridgehead atoms. The van der Waals surface area contributed by atoms with Crippen LogP contribution in [-0.4, -0.2) is 37.9 Å². The van der Waals surface area contributed by atoms with Crippen molar-refractivity contribution >= 4 is 22.8 Å². The maximum atomic E-state index is 14.1. The first-order valence-corrected chi connectivity index (χ1v) is 9.19. The van der Waals surface area contributed by atoms with E-state index in [0.717, 1.165) is 5.69 Å². The fourth-order valence-electron chi connectivity index (χ4n) is 3.80. The zero-order chi connectivity index (χ0) is 21.9. The van der Waals surface area contributed by atoms with E-state index in [2.05, 4.69) is 20.1 Å². The number of hydrogen-bond acceptors (Lipinski definition) is 7. The van der Waals surface area contributed by atoms with Crippen LogP contribution in [0.5, 0.6) is 11.5 Å². The van der Waals surface area contributed by atoms with Crippen molar-refractivity contribution in [2.24, 2.45) is 7.05 Å². The van der Waals surface area contributed by atoms with Crippen molar-refractivity contribution in [3.63, 3.8) is 0 Å². The molecular weight excluding hydrogens is 415 g/mol. The van der Waals surface area contributed by atoms with Crippen LogP contribution in [0.15, 0.2) is 24.4 Å². The number of halogens is 3. The number of H-pyrrole nitrogens is 1. The number of aromatic amines is 1. The summed E-state index contributed by atoms with van der Waals surface area (Å²) in [6.45, 7) is 0.445. The van der Waals surface area contributed by atoms with Gasteiger partial charge in [0.25, 0.3) is 0 Å². The van der Waals surface area contributed by atoms with Crippen molar-refractivity contribution in [2.75, 3.05) is 24.7 Å². The summed E-state index contributed by atoms with van der Waals surface area (Å²) in [6.07, 6.45) is -3.13. The van der Waals surface area contributed by atoms with Crippen LogP contribution in [0, 0.1) is 0 Å². The quantitative estimate of drug-likeness (QED) is 0.445. The molecule has 1 aliphatic rings. The molecule has 160 valence electrons. The summed E-state index contributed by atoms with van der Waals surface area (Å²) >= 11 is 0. The minimum atomic E-state index is -4.75. The van der Waals surface area contributed by atoms with Crippen molar-refractivity contribution < 1.29 is 22.6 Å². The van der Waals surface area contributed by atoms with Gasteiger partial charge >= 0.3 is 6.18 Å². The summed E-state index contributed by atoms with van der Waals surface area (Å²) < 4.78 is 55.6. The first-order valence-electron chi connectivity index (χ1n) is 9.19. The summed E-state index contributed by atoms with van der Waals surface area (Å²) in [5.41, 5.74) is 11.5. The van der Waals surface area contributed by atoms with Crippen LogP contribution in [-0.2, 0) is 13.2 Å². The van der Waals surface area contributed by atoms with E-state index in [1.807, 2.05) is 0 Å². The smallest absolute Gasteiger partial charge is 0.419 e. The molecule has 0 spiro atoms. The van der Waals surface area contributed by atoms with Crippen LogP contribution in [0.3, 0.4) is 0 Å². The number of rotatable bonds is 2. The molecule has 5 N–H and O–H groups in total. The fourth-order valence-corrected chi connectivity index (χ4v) is 3.80. The molecule has 12 heteroatoms. The lowest BCUT2D eigenvalue weighted by Crippen LogP contribution is -2.17. The number of fused-ring (bicyclic) bond motifs is 2. The summed E-state index contributed by atoms with van der Waals surface area (Å²) in [4.78, 5) is 10.3. The molecule has 0 aliphatic carbocycles. The van der Waals surface area contributed by atoms with Crippen LogP contribution in [0.25, 0.3) is 33.5 Å². The normalized spacial score (nSPS) is 13.7. The van der Waals surface area contributed by atoms with Crippen molar-refractivity contribution in [2.45, 2.75) is 6.18 Å². The highest BCUT2D eigenvalue weighted by Gasteiger charge is 2.40.